The highest BCUT2D eigenvalue weighted by Crippen LogP contribution is 2.38. The highest BCUT2D eigenvalue weighted by atomic mass is 127. The van der Waals surface area contributed by atoms with Gasteiger partial charge in [0.25, 0.3) is 5.91 Å². The minimum absolute atomic E-state index is 0.177. The smallest absolute Gasteiger partial charge is 0.338 e. The predicted molar refractivity (Wildman–Crippen MR) is 159 cm³/mol. The van der Waals surface area contributed by atoms with Crippen LogP contribution in [0.4, 0.5) is 5.69 Å². The Labute approximate surface area is 244 Å². The summed E-state index contributed by atoms with van der Waals surface area (Å²) in [6.07, 6.45) is 1.79. The quantitative estimate of drug-likeness (QED) is 0.163. The molecule has 1 fully saturated rings. The van der Waals surface area contributed by atoms with Crippen molar-refractivity contribution in [2.24, 2.45) is 4.99 Å². The normalized spacial score (nSPS) is 14.9. The molecule has 0 aromatic heterocycles. The lowest BCUT2D eigenvalue weighted by molar-refractivity contribution is -0.121. The molecule has 0 N–H and O–H groups in total. The molecule has 1 aliphatic rings. The molecule has 3 aromatic carbocycles. The minimum Gasteiger partial charge on any atom is -0.493 e. The van der Waals surface area contributed by atoms with E-state index in [-0.39, 0.29) is 12.5 Å². The number of thioether (sulfide) groups is 1. The molecule has 1 heterocycles. The van der Waals surface area contributed by atoms with Crippen molar-refractivity contribution >= 4 is 63.2 Å². The number of hydrogen-bond acceptors (Lipinski definition) is 8. The van der Waals surface area contributed by atoms with E-state index in [0.717, 1.165) is 14.7 Å². The maximum absolute atomic E-state index is 13.0. The second kappa shape index (κ2) is 12.8. The zero-order valence-corrected chi connectivity index (χ0v) is 24.4. The van der Waals surface area contributed by atoms with Gasteiger partial charge in [0.1, 0.15) is 6.61 Å². The number of nitrogens with zero attached hydrogens (tertiary/aromatic N) is 3. The van der Waals surface area contributed by atoms with Crippen molar-refractivity contribution < 1.29 is 23.8 Å². The second-order valence-electron chi connectivity index (χ2n) is 8.23. The van der Waals surface area contributed by atoms with Crippen LogP contribution in [0.25, 0.3) is 6.08 Å². The number of hydrogen-bond donors (Lipinski definition) is 0. The van der Waals surface area contributed by atoms with Gasteiger partial charge in [0.2, 0.25) is 0 Å². The van der Waals surface area contributed by atoms with Crippen molar-refractivity contribution in [2.75, 3.05) is 20.8 Å². The molecule has 4 rings (SSSR count). The molecule has 0 atom stereocenters. The van der Waals surface area contributed by atoms with Crippen LogP contribution in [0.5, 0.6) is 11.5 Å². The molecule has 0 saturated carbocycles. The molecule has 10 heteroatoms. The van der Waals surface area contributed by atoms with E-state index < -0.39 is 5.97 Å². The SMILES string of the molecule is CCOC(=O)c1ccc(N=C2SC(=Cc3cc(I)c(OCc4ccccc4C#N)c(OC)c3)C(=O)N2C)cc1. The van der Waals surface area contributed by atoms with E-state index in [2.05, 4.69) is 33.7 Å². The lowest BCUT2D eigenvalue weighted by atomic mass is 10.1. The average molecular weight is 653 g/mol. The molecule has 0 bridgehead atoms. The molecule has 3 aromatic rings. The fraction of sp³-hybridized carbons (Fsp3) is 0.172. The summed E-state index contributed by atoms with van der Waals surface area (Å²) in [6, 6.07) is 19.9. The van der Waals surface area contributed by atoms with Gasteiger partial charge in [-0.1, -0.05) is 18.2 Å². The fourth-order valence-electron chi connectivity index (χ4n) is 3.67. The third kappa shape index (κ3) is 6.61. The molecule has 8 nitrogen and oxygen atoms in total. The predicted octanol–water partition coefficient (Wildman–Crippen LogP) is 6.16. The second-order valence-corrected chi connectivity index (χ2v) is 10.4. The zero-order chi connectivity index (χ0) is 27.9. The highest BCUT2D eigenvalue weighted by Gasteiger charge is 2.30. The maximum Gasteiger partial charge on any atom is 0.338 e. The van der Waals surface area contributed by atoms with Gasteiger partial charge in [0, 0.05) is 12.6 Å². The minimum atomic E-state index is -0.391. The van der Waals surface area contributed by atoms with Crippen molar-refractivity contribution in [1.29, 1.82) is 5.26 Å². The fourth-order valence-corrected chi connectivity index (χ4v) is 5.44. The molecular weight excluding hydrogens is 629 g/mol. The number of carbonyl (C=O) groups excluding carboxylic acids is 2. The van der Waals surface area contributed by atoms with Crippen molar-refractivity contribution in [3.8, 4) is 17.6 Å². The molecular formula is C29H24IN3O5S. The summed E-state index contributed by atoms with van der Waals surface area (Å²) < 4.78 is 17.4. The number of ether oxygens (including phenoxy) is 3. The van der Waals surface area contributed by atoms with Gasteiger partial charge in [-0.3, -0.25) is 9.69 Å². The van der Waals surface area contributed by atoms with Crippen LogP contribution in [0.1, 0.15) is 34.0 Å². The van der Waals surface area contributed by atoms with Crippen LogP contribution in [0.2, 0.25) is 0 Å². The van der Waals surface area contributed by atoms with Crippen LogP contribution in [0.15, 0.2) is 70.6 Å². The van der Waals surface area contributed by atoms with E-state index in [1.54, 1.807) is 63.6 Å². The number of esters is 1. The maximum atomic E-state index is 13.0. The first-order chi connectivity index (χ1) is 18.8. The molecule has 0 radical (unpaired) electrons. The first kappa shape index (κ1) is 28.2. The number of benzene rings is 3. The number of nitriles is 1. The van der Waals surface area contributed by atoms with Crippen LogP contribution in [0, 0.1) is 14.9 Å². The number of halogens is 1. The topological polar surface area (TPSA) is 101 Å². The number of likely N-dealkylation sites (N-methyl/N-ethyl adjacent to an activating group) is 1. The molecule has 1 saturated heterocycles. The summed E-state index contributed by atoms with van der Waals surface area (Å²) in [5, 5.41) is 9.86. The number of amides is 1. The van der Waals surface area contributed by atoms with Gasteiger partial charge in [-0.05, 0) is 95.4 Å². The Balaban J connectivity index is 1.54. The van der Waals surface area contributed by atoms with E-state index in [9.17, 15) is 14.9 Å². The summed E-state index contributed by atoms with van der Waals surface area (Å²) >= 11 is 3.43. The van der Waals surface area contributed by atoms with Gasteiger partial charge in [0.15, 0.2) is 16.7 Å². The van der Waals surface area contributed by atoms with E-state index in [0.29, 0.717) is 45.0 Å². The van der Waals surface area contributed by atoms with Crippen molar-refractivity contribution in [2.45, 2.75) is 13.5 Å². The number of methoxy groups -OCH3 is 1. The third-order valence-corrected chi connectivity index (χ3v) is 7.53. The molecule has 1 aliphatic heterocycles. The summed E-state index contributed by atoms with van der Waals surface area (Å²) in [6.45, 7) is 2.28. The Bertz CT molecular complexity index is 1510. The lowest BCUT2D eigenvalue weighted by Gasteiger charge is -2.14. The molecule has 0 spiro atoms. The Morgan fingerprint density at radius 1 is 1.18 bits per heavy atom. The van der Waals surface area contributed by atoms with Crippen LogP contribution in [-0.2, 0) is 16.1 Å². The van der Waals surface area contributed by atoms with E-state index in [1.165, 1.54) is 16.7 Å². The van der Waals surface area contributed by atoms with Gasteiger partial charge in [-0.15, -0.1) is 0 Å². The molecule has 39 heavy (non-hydrogen) atoms. The van der Waals surface area contributed by atoms with Crippen LogP contribution in [-0.4, -0.2) is 42.7 Å². The third-order valence-electron chi connectivity index (χ3n) is 5.67. The summed E-state index contributed by atoms with van der Waals surface area (Å²) in [7, 11) is 3.22. The standard InChI is InChI=1S/C29H24IN3O5S/c1-4-37-28(35)19-9-11-22(12-10-19)32-29-33(2)27(34)25(39-29)15-18-13-23(30)26(24(14-18)36-3)38-17-21-8-6-5-7-20(21)16-31/h5-15H,4,17H2,1-3H3. The van der Waals surface area contributed by atoms with E-state index >= 15 is 0 Å². The van der Waals surface area contributed by atoms with Crippen molar-refractivity contribution in [3.05, 3.63) is 91.4 Å². The van der Waals surface area contributed by atoms with E-state index in [1.807, 2.05) is 24.3 Å². The van der Waals surface area contributed by atoms with Gasteiger partial charge in [-0.2, -0.15) is 5.26 Å². The van der Waals surface area contributed by atoms with Gasteiger partial charge >= 0.3 is 5.97 Å². The van der Waals surface area contributed by atoms with E-state index in [4.69, 9.17) is 14.2 Å². The van der Waals surface area contributed by atoms with Crippen LogP contribution in [0.3, 0.4) is 0 Å². The van der Waals surface area contributed by atoms with Gasteiger partial charge < -0.3 is 14.2 Å². The highest BCUT2D eigenvalue weighted by molar-refractivity contribution is 14.1. The summed E-state index contributed by atoms with van der Waals surface area (Å²) in [5.41, 5.74) is 3.16. The Morgan fingerprint density at radius 2 is 1.92 bits per heavy atom. The summed E-state index contributed by atoms with van der Waals surface area (Å²) in [4.78, 5) is 31.4. The van der Waals surface area contributed by atoms with Crippen LogP contribution >= 0.6 is 34.4 Å². The molecule has 198 valence electrons. The Hall–Kier alpha value is -3.82. The first-order valence-corrected chi connectivity index (χ1v) is 13.8. The molecule has 0 aliphatic carbocycles. The van der Waals surface area contributed by atoms with Gasteiger partial charge in [-0.25, -0.2) is 9.79 Å². The largest absolute Gasteiger partial charge is 0.493 e. The number of aliphatic imine (C=N–C) groups is 1. The number of carbonyl (C=O) groups is 2. The Kier molecular flexibility index (Phi) is 9.27. The zero-order valence-electron chi connectivity index (χ0n) is 21.4. The molecule has 0 unspecified atom stereocenters. The number of rotatable bonds is 8. The average Bonchev–Trinajstić information content (AvgIpc) is 3.20. The Morgan fingerprint density at radius 3 is 2.62 bits per heavy atom. The monoisotopic (exact) mass is 653 g/mol. The molecule has 1 amide bonds. The van der Waals surface area contributed by atoms with Crippen LogP contribution < -0.4 is 9.47 Å². The summed E-state index contributed by atoms with van der Waals surface area (Å²) in [5.74, 6) is 0.508. The van der Waals surface area contributed by atoms with Crippen molar-refractivity contribution in [3.63, 3.8) is 0 Å². The van der Waals surface area contributed by atoms with Crippen molar-refractivity contribution in [1.82, 2.24) is 4.90 Å². The van der Waals surface area contributed by atoms with Gasteiger partial charge in [0.05, 0.1) is 45.1 Å². The number of amidine groups is 1. The first-order valence-electron chi connectivity index (χ1n) is 11.9. The lowest BCUT2D eigenvalue weighted by Crippen LogP contribution is -2.23.